The van der Waals surface area contributed by atoms with Gasteiger partial charge in [-0.25, -0.2) is 9.59 Å². The standard InChI is InChI=1S/C22H18N2O6/c1-13-9-21(25)30-19-10-17(7-8-18(13)19)27-11-15-3-5-16(6-4-15)22(26)28-12-20-24-23-14(2)29-20/h3-10H,11-12H2,1-2H3. The van der Waals surface area contributed by atoms with Crippen LogP contribution in [0.2, 0.25) is 0 Å². The number of hydrogen-bond donors (Lipinski definition) is 0. The highest BCUT2D eigenvalue weighted by Crippen LogP contribution is 2.23. The monoisotopic (exact) mass is 406 g/mol. The Morgan fingerprint density at radius 2 is 1.77 bits per heavy atom. The van der Waals surface area contributed by atoms with Crippen LogP contribution in [0.15, 0.2) is 62.2 Å². The molecule has 0 unspecified atom stereocenters. The molecule has 0 spiro atoms. The Labute approximate surface area is 171 Å². The minimum absolute atomic E-state index is 0.0812. The fourth-order valence-electron chi connectivity index (χ4n) is 2.91. The molecule has 4 aromatic rings. The lowest BCUT2D eigenvalue weighted by atomic mass is 10.1. The van der Waals surface area contributed by atoms with Crippen LogP contribution in [0.4, 0.5) is 0 Å². The molecule has 2 aromatic heterocycles. The van der Waals surface area contributed by atoms with Crippen LogP contribution >= 0.6 is 0 Å². The van der Waals surface area contributed by atoms with Crippen molar-refractivity contribution in [2.45, 2.75) is 27.1 Å². The molecule has 30 heavy (non-hydrogen) atoms. The molecular formula is C22H18N2O6. The van der Waals surface area contributed by atoms with Crippen molar-refractivity contribution in [1.82, 2.24) is 10.2 Å². The summed E-state index contributed by atoms with van der Waals surface area (Å²) < 4.78 is 21.3. The van der Waals surface area contributed by atoms with Crippen molar-refractivity contribution in [3.05, 3.63) is 87.4 Å². The van der Waals surface area contributed by atoms with Gasteiger partial charge in [0, 0.05) is 24.4 Å². The normalized spacial score (nSPS) is 10.9. The summed E-state index contributed by atoms with van der Waals surface area (Å²) >= 11 is 0. The van der Waals surface area contributed by atoms with Crippen LogP contribution < -0.4 is 10.4 Å². The van der Waals surface area contributed by atoms with Crippen molar-refractivity contribution >= 4 is 16.9 Å². The lowest BCUT2D eigenvalue weighted by Gasteiger charge is -2.08. The summed E-state index contributed by atoms with van der Waals surface area (Å²) in [5.41, 5.74) is 2.20. The van der Waals surface area contributed by atoms with Gasteiger partial charge < -0.3 is 18.3 Å². The molecular weight excluding hydrogens is 388 g/mol. The Bertz CT molecular complexity index is 1260. The molecule has 0 bridgehead atoms. The summed E-state index contributed by atoms with van der Waals surface area (Å²) in [6.07, 6.45) is 0. The second kappa shape index (κ2) is 8.20. The first kappa shape index (κ1) is 19.4. The molecule has 8 nitrogen and oxygen atoms in total. The number of fused-ring (bicyclic) bond motifs is 1. The molecule has 0 amide bonds. The average Bonchev–Trinajstić information content (AvgIpc) is 3.15. The Kier molecular flexibility index (Phi) is 5.30. The van der Waals surface area contributed by atoms with Crippen molar-refractivity contribution in [3.8, 4) is 5.75 Å². The number of rotatable bonds is 6. The zero-order valence-electron chi connectivity index (χ0n) is 16.4. The number of nitrogens with zero attached hydrogens (tertiary/aromatic N) is 2. The van der Waals surface area contributed by atoms with Gasteiger partial charge in [-0.05, 0) is 42.3 Å². The van der Waals surface area contributed by atoms with Crippen molar-refractivity contribution < 1.29 is 23.1 Å². The van der Waals surface area contributed by atoms with Crippen molar-refractivity contribution in [3.63, 3.8) is 0 Å². The summed E-state index contributed by atoms with van der Waals surface area (Å²) in [4.78, 5) is 23.7. The van der Waals surface area contributed by atoms with Crippen LogP contribution in [0.3, 0.4) is 0 Å². The van der Waals surface area contributed by atoms with Crippen LogP contribution in [-0.4, -0.2) is 16.2 Å². The first-order chi connectivity index (χ1) is 14.5. The fraction of sp³-hybridized carbons (Fsp3) is 0.182. The minimum atomic E-state index is -0.488. The van der Waals surface area contributed by atoms with Gasteiger partial charge in [-0.1, -0.05) is 12.1 Å². The molecule has 0 saturated heterocycles. The van der Waals surface area contributed by atoms with E-state index in [-0.39, 0.29) is 19.1 Å². The molecule has 152 valence electrons. The Morgan fingerprint density at radius 3 is 2.50 bits per heavy atom. The smallest absolute Gasteiger partial charge is 0.338 e. The lowest BCUT2D eigenvalue weighted by molar-refractivity contribution is 0.0437. The largest absolute Gasteiger partial charge is 0.489 e. The van der Waals surface area contributed by atoms with E-state index in [1.807, 2.05) is 19.1 Å². The van der Waals surface area contributed by atoms with Crippen molar-refractivity contribution in [1.29, 1.82) is 0 Å². The van der Waals surface area contributed by atoms with Crippen molar-refractivity contribution in [2.24, 2.45) is 0 Å². The third-order valence-corrected chi connectivity index (χ3v) is 4.41. The second-order valence-corrected chi connectivity index (χ2v) is 6.68. The predicted octanol–water partition coefficient (Wildman–Crippen LogP) is 3.73. The van der Waals surface area contributed by atoms with Crippen LogP contribution in [0, 0.1) is 13.8 Å². The summed E-state index contributed by atoms with van der Waals surface area (Å²) in [5, 5.41) is 8.31. The molecule has 0 aliphatic carbocycles. The van der Waals surface area contributed by atoms with Gasteiger partial charge in [-0.3, -0.25) is 0 Å². The molecule has 0 saturated carbocycles. The SMILES string of the molecule is Cc1nnc(COC(=O)c2ccc(COc3ccc4c(C)cc(=O)oc4c3)cc2)o1. The molecule has 0 N–H and O–H groups in total. The Balaban J connectivity index is 1.37. The third-order valence-electron chi connectivity index (χ3n) is 4.41. The highest BCUT2D eigenvalue weighted by Gasteiger charge is 2.10. The van der Waals surface area contributed by atoms with Crippen LogP contribution in [0.25, 0.3) is 11.0 Å². The minimum Gasteiger partial charge on any atom is -0.489 e. The number of aryl methyl sites for hydroxylation is 2. The van der Waals surface area contributed by atoms with E-state index in [0.717, 1.165) is 16.5 Å². The predicted molar refractivity (Wildman–Crippen MR) is 106 cm³/mol. The number of carbonyl (C=O) groups excluding carboxylic acids is 1. The molecule has 2 aromatic carbocycles. The number of hydrogen-bond acceptors (Lipinski definition) is 8. The van der Waals surface area contributed by atoms with E-state index < -0.39 is 11.6 Å². The number of carbonyl (C=O) groups is 1. The van der Waals surface area contributed by atoms with E-state index in [4.69, 9.17) is 18.3 Å². The van der Waals surface area contributed by atoms with Gasteiger partial charge in [-0.15, -0.1) is 10.2 Å². The first-order valence-corrected chi connectivity index (χ1v) is 9.20. The van der Waals surface area contributed by atoms with Gasteiger partial charge in [0.1, 0.15) is 17.9 Å². The topological polar surface area (TPSA) is 105 Å². The first-order valence-electron chi connectivity index (χ1n) is 9.20. The molecule has 2 heterocycles. The van der Waals surface area contributed by atoms with Crippen molar-refractivity contribution in [2.75, 3.05) is 0 Å². The molecule has 0 aliphatic rings. The number of benzene rings is 2. The highest BCUT2D eigenvalue weighted by molar-refractivity contribution is 5.89. The lowest BCUT2D eigenvalue weighted by Crippen LogP contribution is -2.06. The zero-order valence-corrected chi connectivity index (χ0v) is 16.4. The molecule has 0 fully saturated rings. The van der Waals surface area contributed by atoms with E-state index in [1.54, 1.807) is 37.3 Å². The average molecular weight is 406 g/mol. The summed E-state index contributed by atoms with van der Waals surface area (Å²) in [5.74, 6) is 0.745. The van der Waals surface area contributed by atoms with E-state index in [9.17, 15) is 9.59 Å². The van der Waals surface area contributed by atoms with Gasteiger partial charge in [-0.2, -0.15) is 0 Å². The number of aromatic nitrogens is 2. The second-order valence-electron chi connectivity index (χ2n) is 6.68. The molecule has 4 rings (SSSR count). The van der Waals surface area contributed by atoms with Crippen LogP contribution in [0.5, 0.6) is 5.75 Å². The van der Waals surface area contributed by atoms with E-state index >= 15 is 0 Å². The van der Waals surface area contributed by atoms with Crippen LogP contribution in [-0.2, 0) is 18.0 Å². The quantitative estimate of drug-likeness (QED) is 0.352. The molecule has 0 radical (unpaired) electrons. The number of esters is 1. The molecule has 0 atom stereocenters. The third kappa shape index (κ3) is 4.38. The van der Waals surface area contributed by atoms with E-state index in [2.05, 4.69) is 10.2 Å². The number of ether oxygens (including phenoxy) is 2. The summed E-state index contributed by atoms with van der Waals surface area (Å²) in [6, 6.07) is 13.7. The van der Waals surface area contributed by atoms with Gasteiger partial charge in [0.05, 0.1) is 5.56 Å². The van der Waals surface area contributed by atoms with Gasteiger partial charge >= 0.3 is 11.6 Å². The van der Waals surface area contributed by atoms with Gasteiger partial charge in [0.15, 0.2) is 6.61 Å². The Hall–Kier alpha value is -3.94. The van der Waals surface area contributed by atoms with E-state index in [1.165, 1.54) is 6.07 Å². The highest BCUT2D eigenvalue weighted by atomic mass is 16.5. The molecule has 0 aliphatic heterocycles. The maximum atomic E-state index is 12.1. The zero-order chi connectivity index (χ0) is 21.1. The summed E-state index contributed by atoms with van der Waals surface area (Å²) in [7, 11) is 0. The maximum absolute atomic E-state index is 12.1. The Morgan fingerprint density at radius 1 is 0.967 bits per heavy atom. The van der Waals surface area contributed by atoms with E-state index in [0.29, 0.717) is 22.8 Å². The molecule has 8 heteroatoms. The van der Waals surface area contributed by atoms with Gasteiger partial charge in [0.25, 0.3) is 5.89 Å². The summed E-state index contributed by atoms with van der Waals surface area (Å²) in [6.45, 7) is 3.73. The van der Waals surface area contributed by atoms with Crippen LogP contribution in [0.1, 0.15) is 33.3 Å². The van der Waals surface area contributed by atoms with Gasteiger partial charge in [0.2, 0.25) is 5.89 Å². The fourth-order valence-corrected chi connectivity index (χ4v) is 2.91. The maximum Gasteiger partial charge on any atom is 0.338 e.